The fourth-order valence-corrected chi connectivity index (χ4v) is 0.104. The maximum atomic E-state index is 8.27. The number of ether oxygens (including phenoxy) is 1. The van der Waals surface area contributed by atoms with Crippen LogP contribution < -0.4 is 0 Å². The molecule has 1 radical (unpaired) electrons. The topological polar surface area (TPSA) is 54.5 Å². The Morgan fingerprint density at radius 1 is 1.57 bits per heavy atom. The van der Waals surface area contributed by atoms with E-state index in [1.54, 1.807) is 0 Å². The minimum absolute atomic E-state index is 0. The van der Waals surface area contributed by atoms with Crippen molar-refractivity contribution >= 4 is 0 Å². The zero-order valence-corrected chi connectivity index (χ0v) is 4.55. The van der Waals surface area contributed by atoms with Gasteiger partial charge in [0, 0.05) is 23.9 Å². The number of methoxy groups -OCH3 is 1. The van der Waals surface area contributed by atoms with Crippen LogP contribution in [0.4, 0.5) is 0 Å². The molecular weight excluding hydrogens is 147 g/mol. The molecule has 1 aliphatic rings. The molecule has 1 N–H and O–H groups in total. The second-order valence-corrected chi connectivity index (χ2v) is 0.895. The predicted molar refractivity (Wildman–Crippen MR) is 14.1 cm³/mol. The van der Waals surface area contributed by atoms with Crippen molar-refractivity contribution in [1.82, 2.24) is 0 Å². The van der Waals surface area contributed by atoms with E-state index in [-0.39, 0.29) is 16.8 Å². The smallest absolute Gasteiger partial charge is 0.315 e. The number of hydrogen-bond donors (Lipinski definition) is 1. The van der Waals surface area contributed by atoms with Gasteiger partial charge in [-0.25, -0.2) is 0 Å². The van der Waals surface area contributed by atoms with E-state index in [4.69, 9.17) is 5.11 Å². The molecule has 1 fully saturated rings. The maximum absolute atomic E-state index is 8.27. The van der Waals surface area contributed by atoms with Crippen molar-refractivity contribution in [2.75, 3.05) is 7.11 Å². The molecule has 4 nitrogen and oxygen atoms in total. The molecule has 0 saturated carbocycles. The summed E-state index contributed by atoms with van der Waals surface area (Å²) in [7, 11) is 1.27. The minimum Gasteiger partial charge on any atom is -0.315 e. The Morgan fingerprint density at radius 3 is 2.00 bits per heavy atom. The number of hydrogen-bond acceptors (Lipinski definition) is 4. The fraction of sp³-hybridized carbons (Fsp3) is 1.00. The molecule has 7 heavy (non-hydrogen) atoms. The first kappa shape index (κ1) is 7.35. The molecule has 1 rings (SSSR count). The summed E-state index contributed by atoms with van der Waals surface area (Å²) >= 11 is 0. The van der Waals surface area contributed by atoms with E-state index >= 15 is 0 Å². The number of aliphatic hydroxyl groups is 1. The van der Waals surface area contributed by atoms with Crippen LogP contribution in [0.5, 0.6) is 0 Å². The fourth-order valence-electron chi connectivity index (χ4n) is 0.104. The Labute approximate surface area is 50.5 Å². The minimum atomic E-state index is -1.71. The first-order valence-electron chi connectivity index (χ1n) is 1.41. The van der Waals surface area contributed by atoms with Gasteiger partial charge in [-0.05, 0) is 0 Å². The Morgan fingerprint density at radius 2 is 2.00 bits per heavy atom. The molecule has 0 aliphatic carbocycles. The second kappa shape index (κ2) is 2.08. The van der Waals surface area contributed by atoms with Crippen LogP contribution in [0.15, 0.2) is 0 Å². The molecule has 0 spiro atoms. The quantitative estimate of drug-likeness (QED) is 0.302. The van der Waals surface area contributed by atoms with Crippen LogP contribution in [0.1, 0.15) is 0 Å². The van der Waals surface area contributed by atoms with Gasteiger partial charge in [-0.1, -0.05) is 0 Å². The third-order valence-electron chi connectivity index (χ3n) is 0.484. The zero-order chi connectivity index (χ0) is 4.62. The summed E-state index contributed by atoms with van der Waals surface area (Å²) in [5.41, 5.74) is 0. The van der Waals surface area contributed by atoms with Crippen LogP contribution in [0, 0.1) is 0 Å². The van der Waals surface area contributed by atoms with Gasteiger partial charge in [-0.15, -0.1) is 9.78 Å². The van der Waals surface area contributed by atoms with E-state index in [0.29, 0.717) is 0 Å². The van der Waals surface area contributed by atoms with Crippen molar-refractivity contribution in [2.45, 2.75) is 6.16 Å². The van der Waals surface area contributed by atoms with Gasteiger partial charge in [-0.3, -0.25) is 0 Å². The average Bonchev–Trinajstić information content (AvgIpc) is 2.22. The van der Waals surface area contributed by atoms with E-state index in [1.165, 1.54) is 7.11 Å². The van der Waals surface area contributed by atoms with E-state index in [2.05, 4.69) is 14.5 Å². The molecule has 0 aromatic rings. The summed E-state index contributed by atoms with van der Waals surface area (Å²) in [6.07, 6.45) is -1.71. The van der Waals surface area contributed by atoms with Crippen molar-refractivity contribution in [3.63, 3.8) is 0 Å². The van der Waals surface area contributed by atoms with E-state index in [1.807, 2.05) is 0 Å². The Balaban J connectivity index is 0.000000360. The summed E-state index contributed by atoms with van der Waals surface area (Å²) in [4.78, 5) is 7.76. The summed E-state index contributed by atoms with van der Waals surface area (Å²) in [6.45, 7) is 0. The molecule has 0 aromatic heterocycles. The van der Waals surface area contributed by atoms with Crippen LogP contribution in [-0.2, 0) is 31.3 Å². The summed E-state index contributed by atoms with van der Waals surface area (Å²) in [6, 6.07) is 0. The summed E-state index contributed by atoms with van der Waals surface area (Å²) in [5.74, 6) is 0. The van der Waals surface area contributed by atoms with E-state index < -0.39 is 6.16 Å². The Kier molecular flexibility index (Phi) is 2.18. The first-order chi connectivity index (χ1) is 2.77. The standard InChI is InChI=1S/C2H4O4.Co/c1-4-2(3)5-6-2;/h3H,1H3;. The van der Waals surface area contributed by atoms with Crippen molar-refractivity contribution in [3.05, 3.63) is 0 Å². The van der Waals surface area contributed by atoms with Crippen molar-refractivity contribution < 1.29 is 36.4 Å². The van der Waals surface area contributed by atoms with Crippen LogP contribution in [0.3, 0.4) is 0 Å². The van der Waals surface area contributed by atoms with Gasteiger partial charge in [0.2, 0.25) is 0 Å². The van der Waals surface area contributed by atoms with Gasteiger partial charge in [-0.2, -0.15) is 0 Å². The molecule has 0 unspecified atom stereocenters. The maximum Gasteiger partial charge on any atom is 0.464 e. The Bertz CT molecular complexity index is 60.7. The molecule has 0 amide bonds. The van der Waals surface area contributed by atoms with Crippen LogP contribution in [0.2, 0.25) is 0 Å². The summed E-state index contributed by atoms with van der Waals surface area (Å²) in [5, 5.41) is 8.27. The van der Waals surface area contributed by atoms with Crippen molar-refractivity contribution in [2.24, 2.45) is 0 Å². The van der Waals surface area contributed by atoms with Gasteiger partial charge in [0.05, 0.1) is 0 Å². The zero-order valence-electron chi connectivity index (χ0n) is 3.51. The third-order valence-corrected chi connectivity index (χ3v) is 0.484. The average molecular weight is 151 g/mol. The van der Waals surface area contributed by atoms with Gasteiger partial charge in [0.1, 0.15) is 0 Å². The van der Waals surface area contributed by atoms with Crippen LogP contribution >= 0.6 is 0 Å². The molecule has 45 valence electrons. The molecule has 0 aromatic carbocycles. The van der Waals surface area contributed by atoms with Gasteiger partial charge in [0.15, 0.2) is 0 Å². The molecule has 1 heterocycles. The third kappa shape index (κ3) is 1.72. The molecular formula is C2H4CoO4. The first-order valence-corrected chi connectivity index (χ1v) is 1.41. The Hall–Kier alpha value is 0.346. The molecule has 0 bridgehead atoms. The number of rotatable bonds is 1. The molecule has 1 aliphatic heterocycles. The second-order valence-electron chi connectivity index (χ2n) is 0.895. The normalized spacial score (nSPS) is 23.1. The van der Waals surface area contributed by atoms with E-state index in [9.17, 15) is 0 Å². The SMILES string of the molecule is COC1(O)OO1.[Co]. The van der Waals surface area contributed by atoms with Gasteiger partial charge in [0.25, 0.3) is 0 Å². The summed E-state index contributed by atoms with van der Waals surface area (Å²) < 4.78 is 4.16. The largest absolute Gasteiger partial charge is 0.464 e. The van der Waals surface area contributed by atoms with Crippen LogP contribution in [0.25, 0.3) is 0 Å². The predicted octanol–water partition coefficient (Wildman–Crippen LogP) is -0.804. The van der Waals surface area contributed by atoms with Gasteiger partial charge >= 0.3 is 6.16 Å². The van der Waals surface area contributed by atoms with Crippen LogP contribution in [-0.4, -0.2) is 18.4 Å². The van der Waals surface area contributed by atoms with Gasteiger partial charge < -0.3 is 9.84 Å². The van der Waals surface area contributed by atoms with Crippen molar-refractivity contribution in [1.29, 1.82) is 0 Å². The molecule has 5 heteroatoms. The monoisotopic (exact) mass is 151 g/mol. The van der Waals surface area contributed by atoms with E-state index in [0.717, 1.165) is 0 Å². The molecule has 1 saturated heterocycles. The van der Waals surface area contributed by atoms with Crippen molar-refractivity contribution in [3.8, 4) is 0 Å². The molecule has 0 atom stereocenters.